The lowest BCUT2D eigenvalue weighted by molar-refractivity contribution is -0.884. The van der Waals surface area contributed by atoms with E-state index in [1.165, 1.54) is 6.26 Å². The van der Waals surface area contributed by atoms with E-state index in [4.69, 9.17) is 13.9 Å². The minimum Gasteiger partial charge on any atom is -0.481 e. The molecule has 3 unspecified atom stereocenters. The lowest BCUT2D eigenvalue weighted by Crippen LogP contribution is -2.44. The fraction of sp³-hybridized carbons (Fsp3) is 0.485. The number of carboxylic acid groups (broad SMARTS) is 1. The monoisotopic (exact) mass is 591 g/mol. The van der Waals surface area contributed by atoms with Gasteiger partial charge in [-0.05, 0) is 42.7 Å². The molecular formula is C33H43N4O6+. The first kappa shape index (κ1) is 30.6. The Balaban J connectivity index is 1.43. The minimum atomic E-state index is -0.883. The molecule has 10 nitrogen and oxygen atoms in total. The van der Waals surface area contributed by atoms with Crippen molar-refractivity contribution in [3.8, 4) is 11.5 Å². The van der Waals surface area contributed by atoms with Crippen LogP contribution >= 0.6 is 0 Å². The quantitative estimate of drug-likeness (QED) is 0.289. The number of carbonyl (C=O) groups excluding carboxylic acids is 1. The zero-order valence-electron chi connectivity index (χ0n) is 25.6. The number of benzene rings is 2. The normalized spacial score (nSPS) is 20.0. The van der Waals surface area contributed by atoms with Gasteiger partial charge in [-0.15, -0.1) is 0 Å². The van der Waals surface area contributed by atoms with Gasteiger partial charge in [0, 0.05) is 42.7 Å². The van der Waals surface area contributed by atoms with E-state index in [2.05, 4.69) is 45.2 Å². The second kappa shape index (κ2) is 13.2. The van der Waals surface area contributed by atoms with Crippen LogP contribution in [0.2, 0.25) is 0 Å². The number of aromatic nitrogens is 1. The van der Waals surface area contributed by atoms with E-state index >= 15 is 0 Å². The highest BCUT2D eigenvalue weighted by atomic mass is 16.7. The summed E-state index contributed by atoms with van der Waals surface area (Å²) in [5, 5.41) is 10.5. The molecular weight excluding hydrogens is 548 g/mol. The summed E-state index contributed by atoms with van der Waals surface area (Å²) in [5.41, 5.74) is 2.91. The van der Waals surface area contributed by atoms with Gasteiger partial charge in [0.15, 0.2) is 17.4 Å². The van der Waals surface area contributed by atoms with Crippen LogP contribution in [0.1, 0.15) is 49.1 Å². The van der Waals surface area contributed by atoms with E-state index in [1.807, 2.05) is 40.1 Å². The molecule has 3 aromatic rings. The van der Waals surface area contributed by atoms with E-state index in [9.17, 15) is 14.7 Å². The second-order valence-electron chi connectivity index (χ2n) is 12.6. The first-order chi connectivity index (χ1) is 20.6. The van der Waals surface area contributed by atoms with E-state index in [0.717, 1.165) is 40.7 Å². The summed E-state index contributed by atoms with van der Waals surface area (Å²) in [6.45, 7) is 4.26. The zero-order chi connectivity index (χ0) is 30.6. The lowest BCUT2D eigenvalue weighted by Gasteiger charge is -2.30. The van der Waals surface area contributed by atoms with Crippen molar-refractivity contribution in [2.45, 2.75) is 51.1 Å². The van der Waals surface area contributed by atoms with Crippen molar-refractivity contribution in [1.82, 2.24) is 9.88 Å². The number of hydrogen-bond acceptors (Lipinski definition) is 7. The van der Waals surface area contributed by atoms with Crippen LogP contribution in [0.25, 0.3) is 0 Å². The molecule has 0 bridgehead atoms. The van der Waals surface area contributed by atoms with Gasteiger partial charge in [0.2, 0.25) is 12.7 Å². The predicted molar refractivity (Wildman–Crippen MR) is 162 cm³/mol. The highest BCUT2D eigenvalue weighted by Gasteiger charge is 2.47. The SMILES string of the molecule is CCCCN(C(=O)CN1CC(c2ccc3c(c2)OCO3)C(C(=O)O)C1CCc1ncco1)c1cccc(C[N+](C)(C)C)c1. The number of likely N-dealkylation sites (tertiary alicyclic amines) is 1. The van der Waals surface area contributed by atoms with Gasteiger partial charge in [-0.2, -0.15) is 0 Å². The highest BCUT2D eigenvalue weighted by molar-refractivity contribution is 5.95. The van der Waals surface area contributed by atoms with Crippen LogP contribution in [0.4, 0.5) is 5.69 Å². The second-order valence-corrected chi connectivity index (χ2v) is 12.6. The Hall–Kier alpha value is -3.89. The molecule has 43 heavy (non-hydrogen) atoms. The minimum absolute atomic E-state index is 0.0348. The fourth-order valence-corrected chi connectivity index (χ4v) is 6.33. The number of nitrogens with zero attached hydrogens (tertiary/aromatic N) is 4. The third-order valence-corrected chi connectivity index (χ3v) is 8.25. The average molecular weight is 592 g/mol. The van der Waals surface area contributed by atoms with Gasteiger partial charge in [0.25, 0.3) is 0 Å². The number of unbranched alkanes of at least 4 members (excludes halogenated alkanes) is 1. The summed E-state index contributed by atoms with van der Waals surface area (Å²) in [6, 6.07) is 13.5. The third kappa shape index (κ3) is 7.37. The average Bonchev–Trinajstić information content (AvgIpc) is 3.71. The number of quaternary nitrogens is 1. The van der Waals surface area contributed by atoms with Crippen LogP contribution < -0.4 is 14.4 Å². The van der Waals surface area contributed by atoms with Crippen LogP contribution in [-0.4, -0.2) is 85.0 Å². The van der Waals surface area contributed by atoms with Crippen molar-refractivity contribution < 1.29 is 33.1 Å². The first-order valence-electron chi connectivity index (χ1n) is 15.1. The highest BCUT2D eigenvalue weighted by Crippen LogP contribution is 2.43. The standard InChI is InChI=1S/C33H42N4O6/c1-5-6-15-36(25-9-7-8-23(17-25)21-37(2,3)4)31(38)20-35-19-26(24-10-12-28-29(18-24)43-22-42-28)32(33(39)40)27(35)11-13-30-34-14-16-41-30/h7-10,12,14,16-18,26-27,32H,5-6,11,13,15,19-22H2,1-4H3/p+1. The molecule has 0 saturated carbocycles. The Labute approximate surface area is 253 Å². The number of oxazole rings is 1. The van der Waals surface area contributed by atoms with Crippen molar-refractivity contribution in [2.24, 2.45) is 5.92 Å². The van der Waals surface area contributed by atoms with Crippen molar-refractivity contribution >= 4 is 17.6 Å². The first-order valence-corrected chi connectivity index (χ1v) is 15.1. The van der Waals surface area contributed by atoms with E-state index in [-0.39, 0.29) is 31.2 Å². The van der Waals surface area contributed by atoms with E-state index < -0.39 is 11.9 Å². The van der Waals surface area contributed by atoms with Crippen LogP contribution in [0.15, 0.2) is 59.3 Å². The number of amides is 1. The molecule has 1 saturated heterocycles. The summed E-state index contributed by atoms with van der Waals surface area (Å²) >= 11 is 0. The maximum absolute atomic E-state index is 14.1. The zero-order valence-corrected chi connectivity index (χ0v) is 25.6. The molecule has 230 valence electrons. The largest absolute Gasteiger partial charge is 0.481 e. The maximum Gasteiger partial charge on any atom is 0.308 e. The van der Waals surface area contributed by atoms with Crippen molar-refractivity contribution in [2.75, 3.05) is 52.5 Å². The number of anilines is 1. The number of aliphatic carboxylic acids is 1. The van der Waals surface area contributed by atoms with Crippen molar-refractivity contribution in [3.63, 3.8) is 0 Å². The van der Waals surface area contributed by atoms with Crippen LogP contribution in [0, 0.1) is 5.92 Å². The number of fused-ring (bicyclic) bond motifs is 1. The molecule has 1 fully saturated rings. The molecule has 10 heteroatoms. The number of ether oxygens (including phenoxy) is 2. The van der Waals surface area contributed by atoms with Crippen molar-refractivity contribution in [3.05, 3.63) is 71.9 Å². The Bertz CT molecular complexity index is 1400. The van der Waals surface area contributed by atoms with Gasteiger partial charge in [0.05, 0.1) is 39.8 Å². The topological polar surface area (TPSA) is 105 Å². The Morgan fingerprint density at radius 1 is 1.12 bits per heavy atom. The van der Waals surface area contributed by atoms with Gasteiger partial charge in [0.1, 0.15) is 12.8 Å². The molecule has 2 aromatic carbocycles. The van der Waals surface area contributed by atoms with E-state index in [1.54, 1.807) is 6.20 Å². The van der Waals surface area contributed by atoms with Gasteiger partial charge < -0.3 is 28.4 Å². The number of carbonyl (C=O) groups is 2. The number of aryl methyl sites for hydroxylation is 1. The summed E-state index contributed by atoms with van der Waals surface area (Å²) in [5.74, 6) is -0.141. The van der Waals surface area contributed by atoms with Gasteiger partial charge >= 0.3 is 5.97 Å². The van der Waals surface area contributed by atoms with Gasteiger partial charge in [-0.3, -0.25) is 14.5 Å². The van der Waals surface area contributed by atoms with Crippen molar-refractivity contribution in [1.29, 1.82) is 0 Å². The fourth-order valence-electron chi connectivity index (χ4n) is 6.33. The smallest absolute Gasteiger partial charge is 0.308 e. The Morgan fingerprint density at radius 3 is 2.65 bits per heavy atom. The van der Waals surface area contributed by atoms with Gasteiger partial charge in [-0.25, -0.2) is 4.98 Å². The summed E-state index contributed by atoms with van der Waals surface area (Å²) < 4.78 is 17.3. The molecule has 0 aliphatic carbocycles. The molecule has 1 N–H and O–H groups in total. The number of hydrogen-bond donors (Lipinski definition) is 1. The summed E-state index contributed by atoms with van der Waals surface area (Å²) in [4.78, 5) is 35.1. The third-order valence-electron chi connectivity index (χ3n) is 8.25. The maximum atomic E-state index is 14.1. The predicted octanol–water partition coefficient (Wildman–Crippen LogP) is 4.54. The molecule has 0 radical (unpaired) electrons. The molecule has 2 aliphatic heterocycles. The molecule has 5 rings (SSSR count). The number of rotatable bonds is 13. The molecule has 2 aliphatic rings. The summed E-state index contributed by atoms with van der Waals surface area (Å²) in [6.07, 6.45) is 5.92. The summed E-state index contributed by atoms with van der Waals surface area (Å²) in [7, 11) is 6.44. The Morgan fingerprint density at radius 2 is 1.93 bits per heavy atom. The van der Waals surface area contributed by atoms with Crippen LogP contribution in [0.3, 0.4) is 0 Å². The van der Waals surface area contributed by atoms with Crippen LogP contribution in [-0.2, 0) is 22.6 Å². The molecule has 0 spiro atoms. The van der Waals surface area contributed by atoms with Gasteiger partial charge in [-0.1, -0.05) is 31.5 Å². The number of carboxylic acids is 1. The Kier molecular flexibility index (Phi) is 9.37. The van der Waals surface area contributed by atoms with E-state index in [0.29, 0.717) is 43.3 Å². The van der Waals surface area contributed by atoms with Crippen LogP contribution in [0.5, 0.6) is 11.5 Å². The molecule has 1 aromatic heterocycles. The molecule has 1 amide bonds. The molecule has 3 atom stereocenters. The molecule has 3 heterocycles. The lowest BCUT2D eigenvalue weighted by atomic mass is 9.83.